The number of hydrogen-bond donors (Lipinski definition) is 1. The Morgan fingerprint density at radius 3 is 2.35 bits per heavy atom. The number of carboxylic acid groups (broad SMARTS) is 1. The molecular formula is C12H22O4S. The van der Waals surface area contributed by atoms with Crippen LogP contribution in [-0.2, 0) is 14.6 Å². The minimum Gasteiger partial charge on any atom is -0.481 e. The molecule has 0 amide bonds. The summed E-state index contributed by atoms with van der Waals surface area (Å²) in [5, 5.41) is 7.76. The van der Waals surface area contributed by atoms with E-state index in [2.05, 4.69) is 6.92 Å². The lowest BCUT2D eigenvalue weighted by atomic mass is 9.90. The molecule has 0 radical (unpaired) electrons. The highest BCUT2D eigenvalue weighted by molar-refractivity contribution is 7.92. The highest BCUT2D eigenvalue weighted by Crippen LogP contribution is 2.31. The van der Waals surface area contributed by atoms with E-state index in [1.54, 1.807) is 0 Å². The summed E-state index contributed by atoms with van der Waals surface area (Å²) in [6.45, 7) is 5.05. The Labute approximate surface area is 103 Å². The van der Waals surface area contributed by atoms with E-state index in [0.717, 1.165) is 12.8 Å². The van der Waals surface area contributed by atoms with E-state index in [-0.39, 0.29) is 5.25 Å². The number of rotatable bonds is 4. The maximum Gasteiger partial charge on any atom is 0.307 e. The third-order valence-electron chi connectivity index (χ3n) is 3.96. The van der Waals surface area contributed by atoms with Gasteiger partial charge >= 0.3 is 5.97 Å². The molecule has 1 rings (SSSR count). The van der Waals surface area contributed by atoms with Crippen molar-refractivity contribution in [2.45, 2.75) is 57.0 Å². The molecule has 4 nitrogen and oxygen atoms in total. The maximum atomic E-state index is 12.3. The molecule has 5 heteroatoms. The fourth-order valence-corrected chi connectivity index (χ4v) is 4.85. The van der Waals surface area contributed by atoms with E-state index < -0.39 is 27.0 Å². The molecule has 4 unspecified atom stereocenters. The average molecular weight is 262 g/mol. The van der Waals surface area contributed by atoms with Crippen molar-refractivity contribution >= 4 is 15.8 Å². The van der Waals surface area contributed by atoms with E-state index in [9.17, 15) is 13.2 Å². The summed E-state index contributed by atoms with van der Waals surface area (Å²) in [7, 11) is -3.32. The molecule has 4 atom stereocenters. The number of aliphatic carboxylic acids is 1. The summed E-state index contributed by atoms with van der Waals surface area (Å²) in [5.41, 5.74) is 0. The Bertz CT molecular complexity index is 374. The number of hydrogen-bond acceptors (Lipinski definition) is 3. The molecule has 0 heterocycles. The summed E-state index contributed by atoms with van der Waals surface area (Å²) < 4.78 is 24.6. The van der Waals surface area contributed by atoms with E-state index in [1.807, 2.05) is 0 Å². The van der Waals surface area contributed by atoms with Crippen LogP contribution in [0.2, 0.25) is 0 Å². The largest absolute Gasteiger partial charge is 0.481 e. The molecule has 17 heavy (non-hydrogen) atoms. The number of sulfone groups is 1. The molecule has 0 aliphatic heterocycles. The molecule has 0 aromatic rings. The van der Waals surface area contributed by atoms with Gasteiger partial charge in [-0.2, -0.15) is 0 Å². The third kappa shape index (κ3) is 3.21. The summed E-state index contributed by atoms with van der Waals surface area (Å²) in [4.78, 5) is 10.9. The second-order valence-corrected chi connectivity index (χ2v) is 7.90. The predicted molar refractivity (Wildman–Crippen MR) is 66.6 cm³/mol. The van der Waals surface area contributed by atoms with Crippen molar-refractivity contribution in [1.82, 2.24) is 0 Å². The van der Waals surface area contributed by atoms with Gasteiger partial charge in [0.25, 0.3) is 0 Å². The van der Waals surface area contributed by atoms with E-state index >= 15 is 0 Å². The molecule has 1 fully saturated rings. The van der Waals surface area contributed by atoms with Crippen molar-refractivity contribution in [2.24, 2.45) is 11.8 Å². The van der Waals surface area contributed by atoms with Crippen LogP contribution in [0.3, 0.4) is 0 Å². The van der Waals surface area contributed by atoms with Gasteiger partial charge in [-0.15, -0.1) is 0 Å². The highest BCUT2D eigenvalue weighted by atomic mass is 32.2. The average Bonchev–Trinajstić information content (AvgIpc) is 2.26. The first-order valence-corrected chi connectivity index (χ1v) is 7.83. The SMILES string of the molecule is CC1CCCC(S(=O)(=O)C(C)C(C)C(=O)O)C1. The number of carboxylic acids is 1. The van der Waals surface area contributed by atoms with E-state index in [4.69, 9.17) is 5.11 Å². The minimum absolute atomic E-state index is 0.344. The quantitative estimate of drug-likeness (QED) is 0.842. The molecule has 0 aromatic heterocycles. The first-order chi connectivity index (χ1) is 7.76. The van der Waals surface area contributed by atoms with Gasteiger partial charge in [-0.05, 0) is 25.7 Å². The van der Waals surface area contributed by atoms with Gasteiger partial charge in [0.1, 0.15) is 0 Å². The normalized spacial score (nSPS) is 29.6. The maximum absolute atomic E-state index is 12.3. The molecule has 0 bridgehead atoms. The zero-order valence-corrected chi connectivity index (χ0v) is 11.5. The van der Waals surface area contributed by atoms with Crippen molar-refractivity contribution in [3.05, 3.63) is 0 Å². The van der Waals surface area contributed by atoms with Gasteiger partial charge in [-0.3, -0.25) is 4.79 Å². The monoisotopic (exact) mass is 262 g/mol. The van der Waals surface area contributed by atoms with Crippen molar-refractivity contribution in [3.8, 4) is 0 Å². The smallest absolute Gasteiger partial charge is 0.307 e. The Kier molecular flexibility index (Phi) is 4.58. The zero-order valence-electron chi connectivity index (χ0n) is 10.7. The van der Waals surface area contributed by atoms with Crippen LogP contribution >= 0.6 is 0 Å². The lowest BCUT2D eigenvalue weighted by molar-refractivity contribution is -0.141. The highest BCUT2D eigenvalue weighted by Gasteiger charge is 2.38. The zero-order chi connectivity index (χ0) is 13.2. The van der Waals surface area contributed by atoms with Gasteiger partial charge < -0.3 is 5.11 Å². The van der Waals surface area contributed by atoms with Gasteiger partial charge in [0.2, 0.25) is 0 Å². The molecule has 1 aliphatic rings. The first-order valence-electron chi connectivity index (χ1n) is 6.22. The first kappa shape index (κ1) is 14.5. The molecule has 100 valence electrons. The van der Waals surface area contributed by atoms with E-state index in [0.29, 0.717) is 18.8 Å². The molecule has 1 aliphatic carbocycles. The van der Waals surface area contributed by atoms with Crippen LogP contribution in [-0.4, -0.2) is 30.0 Å². The van der Waals surface area contributed by atoms with Crippen molar-refractivity contribution in [3.63, 3.8) is 0 Å². The standard InChI is InChI=1S/C12H22O4S/c1-8-5-4-6-11(7-8)17(15,16)10(3)9(2)12(13)14/h8-11H,4-7H2,1-3H3,(H,13,14). The fourth-order valence-electron chi connectivity index (χ4n) is 2.47. The van der Waals surface area contributed by atoms with E-state index in [1.165, 1.54) is 13.8 Å². The Morgan fingerprint density at radius 2 is 1.88 bits per heavy atom. The molecule has 0 saturated heterocycles. The van der Waals surface area contributed by atoms with Crippen molar-refractivity contribution < 1.29 is 18.3 Å². The predicted octanol–water partition coefficient (Wildman–Crippen LogP) is 2.09. The van der Waals surface area contributed by atoms with Gasteiger partial charge in [0.05, 0.1) is 16.4 Å². The van der Waals surface area contributed by atoms with Crippen LogP contribution in [0.5, 0.6) is 0 Å². The van der Waals surface area contributed by atoms with Gasteiger partial charge in [0.15, 0.2) is 9.84 Å². The Morgan fingerprint density at radius 1 is 1.29 bits per heavy atom. The second-order valence-electron chi connectivity index (χ2n) is 5.31. The summed E-state index contributed by atoms with van der Waals surface area (Å²) in [6, 6.07) is 0. The van der Waals surface area contributed by atoms with Crippen LogP contribution < -0.4 is 0 Å². The van der Waals surface area contributed by atoms with Crippen LogP contribution in [0.25, 0.3) is 0 Å². The minimum atomic E-state index is -3.32. The summed E-state index contributed by atoms with van der Waals surface area (Å²) in [5.74, 6) is -1.45. The lowest BCUT2D eigenvalue weighted by Gasteiger charge is -2.30. The van der Waals surface area contributed by atoms with Crippen LogP contribution in [0.15, 0.2) is 0 Å². The van der Waals surface area contributed by atoms with Crippen molar-refractivity contribution in [1.29, 1.82) is 0 Å². The molecule has 0 aromatic carbocycles. The van der Waals surface area contributed by atoms with Crippen LogP contribution in [0.1, 0.15) is 46.5 Å². The van der Waals surface area contributed by atoms with Crippen LogP contribution in [0, 0.1) is 11.8 Å². The van der Waals surface area contributed by atoms with Gasteiger partial charge in [0, 0.05) is 0 Å². The third-order valence-corrected chi connectivity index (χ3v) is 6.77. The summed E-state index contributed by atoms with van der Waals surface area (Å²) >= 11 is 0. The Hall–Kier alpha value is -0.580. The van der Waals surface area contributed by atoms with Crippen molar-refractivity contribution in [2.75, 3.05) is 0 Å². The molecular weight excluding hydrogens is 240 g/mol. The van der Waals surface area contributed by atoms with Gasteiger partial charge in [-0.25, -0.2) is 8.42 Å². The number of carbonyl (C=O) groups is 1. The fraction of sp³-hybridized carbons (Fsp3) is 0.917. The molecule has 1 saturated carbocycles. The Balaban J connectivity index is 2.83. The molecule has 0 spiro atoms. The second kappa shape index (κ2) is 5.38. The van der Waals surface area contributed by atoms with Crippen LogP contribution in [0.4, 0.5) is 0 Å². The summed E-state index contributed by atoms with van der Waals surface area (Å²) in [6.07, 6.45) is 3.37. The van der Waals surface area contributed by atoms with Gasteiger partial charge in [-0.1, -0.05) is 26.7 Å². The topological polar surface area (TPSA) is 71.4 Å². The lowest BCUT2D eigenvalue weighted by Crippen LogP contribution is -2.39. The molecule has 1 N–H and O–H groups in total.